The van der Waals surface area contributed by atoms with Gasteiger partial charge in [0.15, 0.2) is 0 Å². The third-order valence-corrected chi connectivity index (χ3v) is 6.17. The number of hydrogen-bond donors (Lipinski definition) is 0. The second kappa shape index (κ2) is 6.90. The molecule has 0 heterocycles. The normalized spacial score (nSPS) is 12.0. The zero-order chi connectivity index (χ0) is 16.4. The van der Waals surface area contributed by atoms with Crippen LogP contribution < -0.4 is 9.05 Å². The molecular weight excluding hydrogens is 389 g/mol. The lowest BCUT2D eigenvalue weighted by Gasteiger charge is -2.26. The maximum atomic E-state index is 13.0. The van der Waals surface area contributed by atoms with Crippen molar-refractivity contribution in [3.63, 3.8) is 0 Å². The first-order valence-corrected chi connectivity index (χ1v) is 9.13. The maximum Gasteiger partial charge on any atom is 0.466 e. The number of halogens is 4. The van der Waals surface area contributed by atoms with Crippen molar-refractivity contribution < 1.29 is 13.6 Å². The Balaban J connectivity index is 2.30. The van der Waals surface area contributed by atoms with Gasteiger partial charge in [-0.3, -0.25) is 0 Å². The van der Waals surface area contributed by atoms with E-state index in [0.29, 0.717) is 10.0 Å². The van der Waals surface area contributed by atoms with Crippen LogP contribution in [-0.2, 0) is 4.57 Å². The molecule has 0 aliphatic heterocycles. The van der Waals surface area contributed by atoms with E-state index in [0.717, 1.165) is 0 Å². The van der Waals surface area contributed by atoms with Crippen LogP contribution in [0.3, 0.4) is 0 Å². The van der Waals surface area contributed by atoms with Gasteiger partial charge in [0.1, 0.15) is 11.5 Å². The van der Waals surface area contributed by atoms with Crippen LogP contribution in [0.25, 0.3) is 0 Å². The van der Waals surface area contributed by atoms with E-state index in [1.807, 2.05) is 0 Å². The van der Waals surface area contributed by atoms with Gasteiger partial charge in [-0.25, -0.2) is 4.57 Å². The van der Waals surface area contributed by atoms with Crippen LogP contribution in [0.2, 0.25) is 10.0 Å². The van der Waals surface area contributed by atoms with Crippen LogP contribution in [0, 0.1) is 0 Å². The third-order valence-electron chi connectivity index (χ3n) is 2.56. The van der Waals surface area contributed by atoms with E-state index in [2.05, 4.69) is 0 Å². The van der Waals surface area contributed by atoms with E-state index < -0.39 is 11.7 Å². The fourth-order valence-electron chi connectivity index (χ4n) is 1.45. The van der Waals surface area contributed by atoms with Crippen LogP contribution in [0.4, 0.5) is 0 Å². The molecule has 0 spiro atoms. The number of alkyl halides is 2. The molecule has 8 heteroatoms. The molecule has 0 unspecified atom stereocenters. The molecule has 0 aliphatic carbocycles. The summed E-state index contributed by atoms with van der Waals surface area (Å²) in [5.74, 6) is 0.545. The topological polar surface area (TPSA) is 35.5 Å². The van der Waals surface area contributed by atoms with Crippen LogP contribution in [-0.4, -0.2) is 4.07 Å². The van der Waals surface area contributed by atoms with Gasteiger partial charge in [0.2, 0.25) is 4.07 Å². The van der Waals surface area contributed by atoms with E-state index in [1.54, 1.807) is 48.5 Å². The van der Waals surface area contributed by atoms with Gasteiger partial charge in [-0.15, -0.1) is 0 Å². The maximum absolute atomic E-state index is 13.0. The SMILES string of the molecule is CC(Cl)(Cl)P(=O)(Oc1ccc(Cl)cc1)Oc1ccc(Cl)cc1. The average Bonchev–Trinajstić information content (AvgIpc) is 2.43. The highest BCUT2D eigenvalue weighted by Crippen LogP contribution is 2.63. The Bertz CT molecular complexity index is 629. The first-order valence-electron chi connectivity index (χ1n) is 6.08. The van der Waals surface area contributed by atoms with Crippen molar-refractivity contribution in [2.45, 2.75) is 11.0 Å². The minimum Gasteiger partial charge on any atom is -0.414 e. The molecule has 0 radical (unpaired) electrons. The lowest BCUT2D eigenvalue weighted by Crippen LogP contribution is -2.17. The van der Waals surface area contributed by atoms with Crippen LogP contribution in [0.15, 0.2) is 48.5 Å². The van der Waals surface area contributed by atoms with Gasteiger partial charge in [-0.2, -0.15) is 0 Å². The molecule has 22 heavy (non-hydrogen) atoms. The summed E-state index contributed by atoms with van der Waals surface area (Å²) in [4.78, 5) is 0. The first kappa shape index (κ1) is 17.8. The van der Waals surface area contributed by atoms with E-state index >= 15 is 0 Å². The molecule has 0 aliphatic rings. The van der Waals surface area contributed by atoms with Crippen molar-refractivity contribution in [3.05, 3.63) is 58.6 Å². The van der Waals surface area contributed by atoms with Gasteiger partial charge in [0.25, 0.3) is 0 Å². The fourth-order valence-corrected chi connectivity index (χ4v) is 3.27. The van der Waals surface area contributed by atoms with Crippen molar-refractivity contribution >= 4 is 54.0 Å². The molecule has 2 aromatic carbocycles. The second-order valence-electron chi connectivity index (χ2n) is 4.43. The molecule has 0 aromatic heterocycles. The molecule has 0 N–H and O–H groups in total. The summed E-state index contributed by atoms with van der Waals surface area (Å²) in [5, 5.41) is 1.03. The molecule has 3 nitrogen and oxygen atoms in total. The molecule has 2 aromatic rings. The summed E-state index contributed by atoms with van der Waals surface area (Å²) in [6, 6.07) is 12.5. The summed E-state index contributed by atoms with van der Waals surface area (Å²) in [6.45, 7) is 1.34. The molecule has 0 bridgehead atoms. The van der Waals surface area contributed by atoms with Gasteiger partial charge in [0.05, 0.1) is 0 Å². The van der Waals surface area contributed by atoms with Crippen molar-refractivity contribution in [1.82, 2.24) is 0 Å². The van der Waals surface area contributed by atoms with E-state index in [1.165, 1.54) is 6.92 Å². The van der Waals surface area contributed by atoms with Gasteiger partial charge >= 0.3 is 7.60 Å². The zero-order valence-corrected chi connectivity index (χ0v) is 15.2. The molecule has 0 amide bonds. The zero-order valence-electron chi connectivity index (χ0n) is 11.3. The van der Waals surface area contributed by atoms with Crippen molar-refractivity contribution in [2.75, 3.05) is 0 Å². The van der Waals surface area contributed by atoms with Crippen molar-refractivity contribution in [2.24, 2.45) is 0 Å². The Hall–Kier alpha value is -0.570. The molecular formula is C14H11Cl4O3P. The summed E-state index contributed by atoms with van der Waals surface area (Å²) >= 11 is 23.6. The quantitative estimate of drug-likeness (QED) is 0.409. The number of rotatable bonds is 5. The van der Waals surface area contributed by atoms with E-state index in [9.17, 15) is 4.57 Å². The molecule has 0 saturated carbocycles. The van der Waals surface area contributed by atoms with Gasteiger partial charge in [0, 0.05) is 10.0 Å². The summed E-state index contributed by atoms with van der Waals surface area (Å²) < 4.78 is 22.1. The molecule has 0 atom stereocenters. The van der Waals surface area contributed by atoms with Gasteiger partial charge < -0.3 is 9.05 Å². The number of hydrogen-bond acceptors (Lipinski definition) is 3. The molecule has 0 saturated heterocycles. The standard InChI is InChI=1S/C14H11Cl4O3P/c1-14(17,18)22(19,20-12-6-2-10(15)3-7-12)21-13-8-4-11(16)5-9-13/h2-9H,1H3. The van der Waals surface area contributed by atoms with Crippen LogP contribution in [0.1, 0.15) is 6.92 Å². The highest BCUT2D eigenvalue weighted by Gasteiger charge is 2.48. The largest absolute Gasteiger partial charge is 0.466 e. The highest BCUT2D eigenvalue weighted by molar-refractivity contribution is 7.60. The smallest absolute Gasteiger partial charge is 0.414 e. The van der Waals surface area contributed by atoms with Gasteiger partial charge in [-0.05, 0) is 55.5 Å². The molecule has 118 valence electrons. The van der Waals surface area contributed by atoms with Gasteiger partial charge in [-0.1, -0.05) is 46.4 Å². The first-order chi connectivity index (χ1) is 10.2. The molecule has 2 rings (SSSR count). The Kier molecular flexibility index (Phi) is 5.58. The third kappa shape index (κ3) is 4.47. The molecule has 0 fully saturated rings. The predicted octanol–water partition coefficient (Wildman–Crippen LogP) is 6.80. The van der Waals surface area contributed by atoms with E-state index in [-0.39, 0.29) is 11.5 Å². The van der Waals surface area contributed by atoms with E-state index in [4.69, 9.17) is 55.5 Å². The van der Waals surface area contributed by atoms with Crippen LogP contribution >= 0.6 is 54.0 Å². The monoisotopic (exact) mass is 398 g/mol. The fraction of sp³-hybridized carbons (Fsp3) is 0.143. The second-order valence-corrected chi connectivity index (χ2v) is 9.79. The highest BCUT2D eigenvalue weighted by atomic mass is 35.5. The average molecular weight is 400 g/mol. The lowest BCUT2D eigenvalue weighted by molar-refractivity contribution is 0.379. The van der Waals surface area contributed by atoms with Crippen molar-refractivity contribution in [3.8, 4) is 11.5 Å². The predicted molar refractivity (Wildman–Crippen MR) is 91.9 cm³/mol. The minimum atomic E-state index is -3.93. The number of benzene rings is 2. The minimum absolute atomic E-state index is 0.272. The Labute approximate surface area is 148 Å². The summed E-state index contributed by atoms with van der Waals surface area (Å²) in [7, 11) is -3.93. The Morgan fingerprint density at radius 3 is 1.41 bits per heavy atom. The lowest BCUT2D eigenvalue weighted by atomic mass is 10.3. The Morgan fingerprint density at radius 1 is 0.818 bits per heavy atom. The van der Waals surface area contributed by atoms with Crippen molar-refractivity contribution in [1.29, 1.82) is 0 Å². The summed E-state index contributed by atoms with van der Waals surface area (Å²) in [6.07, 6.45) is 0. The Morgan fingerprint density at radius 2 is 1.14 bits per heavy atom. The summed E-state index contributed by atoms with van der Waals surface area (Å²) in [5.41, 5.74) is 0. The van der Waals surface area contributed by atoms with Crippen LogP contribution in [0.5, 0.6) is 11.5 Å².